The Morgan fingerprint density at radius 3 is 2.45 bits per heavy atom. The molecular weight excluding hydrogens is 396 g/mol. The molecule has 0 bridgehead atoms. The number of amides is 1. The van der Waals surface area contributed by atoms with Crippen LogP contribution < -0.4 is 5.56 Å². The summed E-state index contributed by atoms with van der Waals surface area (Å²) < 4.78 is 10.2. The van der Waals surface area contributed by atoms with E-state index in [4.69, 9.17) is 9.84 Å². The summed E-state index contributed by atoms with van der Waals surface area (Å²) >= 11 is 0. The van der Waals surface area contributed by atoms with E-state index in [0.717, 1.165) is 5.69 Å². The fourth-order valence-electron chi connectivity index (χ4n) is 3.87. The third kappa shape index (κ3) is 3.42. The number of rotatable bonds is 4. The molecule has 1 saturated heterocycles. The van der Waals surface area contributed by atoms with Gasteiger partial charge in [0, 0.05) is 25.5 Å². The summed E-state index contributed by atoms with van der Waals surface area (Å²) in [4.78, 5) is 28.0. The molecule has 1 fully saturated rings. The molecule has 158 valence electrons. The second-order valence-corrected chi connectivity index (χ2v) is 7.43. The molecule has 5 rings (SSSR count). The maximum atomic E-state index is 13.5. The van der Waals surface area contributed by atoms with Crippen molar-refractivity contribution < 1.29 is 9.53 Å². The molecule has 0 N–H and O–H groups in total. The Hall–Kier alpha value is -3.72. The van der Waals surface area contributed by atoms with Gasteiger partial charge in [-0.2, -0.15) is 10.2 Å². The van der Waals surface area contributed by atoms with Crippen LogP contribution in [-0.4, -0.2) is 61.2 Å². The molecule has 4 heterocycles. The number of aryl methyl sites for hydroxylation is 1. The van der Waals surface area contributed by atoms with Crippen LogP contribution in [0.4, 0.5) is 0 Å². The van der Waals surface area contributed by atoms with Gasteiger partial charge in [0.2, 0.25) is 5.91 Å². The average Bonchev–Trinajstić information content (AvgIpc) is 3.46. The molecule has 9 heteroatoms. The number of nitrogens with zero attached hydrogens (tertiary/aromatic N) is 6. The summed E-state index contributed by atoms with van der Waals surface area (Å²) in [5, 5.41) is 9.56. The van der Waals surface area contributed by atoms with E-state index < -0.39 is 0 Å². The summed E-state index contributed by atoms with van der Waals surface area (Å²) in [6.07, 6.45) is 3.74. The number of hydrogen-bond donors (Lipinski definition) is 0. The molecule has 0 spiro atoms. The molecule has 0 saturated carbocycles. The van der Waals surface area contributed by atoms with E-state index >= 15 is 0 Å². The van der Waals surface area contributed by atoms with E-state index in [-0.39, 0.29) is 18.0 Å². The van der Waals surface area contributed by atoms with E-state index in [1.807, 2.05) is 59.4 Å². The molecule has 0 aliphatic carbocycles. The van der Waals surface area contributed by atoms with Crippen molar-refractivity contribution in [1.29, 1.82) is 0 Å². The van der Waals surface area contributed by atoms with E-state index in [1.54, 1.807) is 16.5 Å². The van der Waals surface area contributed by atoms with Crippen LogP contribution in [0.2, 0.25) is 0 Å². The Kier molecular flexibility index (Phi) is 4.87. The number of morpholine rings is 1. The molecule has 4 aromatic rings. The maximum Gasteiger partial charge on any atom is 0.280 e. The smallest absolute Gasteiger partial charge is 0.280 e. The third-order valence-electron chi connectivity index (χ3n) is 5.42. The normalized spacial score (nSPS) is 14.3. The lowest BCUT2D eigenvalue weighted by Crippen LogP contribution is -2.43. The Balaban J connectivity index is 1.67. The number of para-hydroxylation sites is 1. The van der Waals surface area contributed by atoms with E-state index in [2.05, 4.69) is 5.10 Å². The van der Waals surface area contributed by atoms with Crippen LogP contribution in [0, 0.1) is 6.92 Å². The molecule has 1 aliphatic rings. The van der Waals surface area contributed by atoms with Crippen molar-refractivity contribution in [3.05, 3.63) is 70.9 Å². The number of benzene rings is 1. The molecule has 0 unspecified atom stereocenters. The number of fused-ring (bicyclic) bond motifs is 1. The van der Waals surface area contributed by atoms with Gasteiger partial charge in [0.25, 0.3) is 5.56 Å². The highest BCUT2D eigenvalue weighted by molar-refractivity contribution is 5.88. The minimum absolute atomic E-state index is 0.114. The van der Waals surface area contributed by atoms with Crippen LogP contribution in [0.1, 0.15) is 5.69 Å². The summed E-state index contributed by atoms with van der Waals surface area (Å²) in [6.45, 7) is 3.75. The van der Waals surface area contributed by atoms with E-state index in [1.165, 1.54) is 4.68 Å². The van der Waals surface area contributed by atoms with Gasteiger partial charge in [0.15, 0.2) is 5.82 Å². The van der Waals surface area contributed by atoms with Gasteiger partial charge in [0.1, 0.15) is 17.4 Å². The van der Waals surface area contributed by atoms with E-state index in [9.17, 15) is 9.59 Å². The highest BCUT2D eigenvalue weighted by Gasteiger charge is 2.24. The van der Waals surface area contributed by atoms with Crippen LogP contribution in [0.15, 0.2) is 59.7 Å². The summed E-state index contributed by atoms with van der Waals surface area (Å²) in [5.74, 6) is 0.476. The summed E-state index contributed by atoms with van der Waals surface area (Å²) in [5.41, 5.74) is 1.60. The van der Waals surface area contributed by atoms with Crippen molar-refractivity contribution in [3.63, 3.8) is 0 Å². The Morgan fingerprint density at radius 2 is 1.74 bits per heavy atom. The number of hydrogen-bond acceptors (Lipinski definition) is 5. The van der Waals surface area contributed by atoms with Crippen molar-refractivity contribution in [1.82, 2.24) is 29.0 Å². The largest absolute Gasteiger partial charge is 0.378 e. The predicted molar refractivity (Wildman–Crippen MR) is 115 cm³/mol. The van der Waals surface area contributed by atoms with Crippen molar-refractivity contribution in [2.45, 2.75) is 13.5 Å². The Bertz CT molecular complexity index is 1280. The molecule has 1 amide bonds. The van der Waals surface area contributed by atoms with Crippen LogP contribution in [0.25, 0.3) is 22.4 Å². The first-order valence-electron chi connectivity index (χ1n) is 10.2. The van der Waals surface area contributed by atoms with Crippen molar-refractivity contribution >= 4 is 16.8 Å². The zero-order valence-corrected chi connectivity index (χ0v) is 17.1. The number of aromatic nitrogens is 5. The van der Waals surface area contributed by atoms with E-state index in [0.29, 0.717) is 48.7 Å². The first-order chi connectivity index (χ1) is 15.1. The van der Waals surface area contributed by atoms with Gasteiger partial charge < -0.3 is 14.2 Å². The van der Waals surface area contributed by atoms with Gasteiger partial charge in [-0.3, -0.25) is 9.59 Å². The lowest BCUT2D eigenvalue weighted by atomic mass is 10.2. The highest BCUT2D eigenvalue weighted by Crippen LogP contribution is 2.24. The van der Waals surface area contributed by atoms with Gasteiger partial charge >= 0.3 is 0 Å². The van der Waals surface area contributed by atoms with Crippen molar-refractivity contribution in [2.75, 3.05) is 26.3 Å². The van der Waals surface area contributed by atoms with Crippen molar-refractivity contribution in [3.8, 4) is 11.5 Å². The average molecular weight is 418 g/mol. The van der Waals surface area contributed by atoms with Gasteiger partial charge in [0.05, 0.1) is 24.6 Å². The topological polar surface area (TPSA) is 87.2 Å². The highest BCUT2D eigenvalue weighted by atomic mass is 16.5. The van der Waals surface area contributed by atoms with Gasteiger partial charge in [-0.1, -0.05) is 18.2 Å². The third-order valence-corrected chi connectivity index (χ3v) is 5.42. The first-order valence-corrected chi connectivity index (χ1v) is 10.2. The molecule has 9 nitrogen and oxygen atoms in total. The van der Waals surface area contributed by atoms with Crippen molar-refractivity contribution in [2.24, 2.45) is 0 Å². The monoisotopic (exact) mass is 418 g/mol. The summed E-state index contributed by atoms with van der Waals surface area (Å²) in [7, 11) is 0. The lowest BCUT2D eigenvalue weighted by Gasteiger charge is -2.26. The molecular formula is C22H22N6O3. The Labute approximate surface area is 178 Å². The molecule has 31 heavy (non-hydrogen) atoms. The number of ether oxygens (including phenoxy) is 1. The minimum Gasteiger partial charge on any atom is -0.378 e. The molecule has 0 radical (unpaired) electrons. The zero-order chi connectivity index (χ0) is 21.4. The fourth-order valence-corrected chi connectivity index (χ4v) is 3.87. The zero-order valence-electron chi connectivity index (χ0n) is 17.1. The molecule has 3 aromatic heterocycles. The quantitative estimate of drug-likeness (QED) is 0.502. The fraction of sp³-hybridized carbons (Fsp3) is 0.273. The standard InChI is InChI=1S/C22H22N6O3/c1-16-20-19(22(30)27(23-16)15-18(29)25-11-13-31-14-12-25)21(26-9-5-6-10-26)28(24-20)17-7-3-2-4-8-17/h2-10H,11-15H2,1H3. The number of carbonyl (C=O) groups excluding carboxylic acids is 1. The molecule has 0 atom stereocenters. The minimum atomic E-state index is -0.340. The molecule has 1 aliphatic heterocycles. The number of carbonyl (C=O) groups is 1. The van der Waals surface area contributed by atoms with Gasteiger partial charge in [-0.15, -0.1) is 0 Å². The van der Waals surface area contributed by atoms with Crippen LogP contribution in [-0.2, 0) is 16.1 Å². The summed E-state index contributed by atoms with van der Waals surface area (Å²) in [6, 6.07) is 13.4. The Morgan fingerprint density at radius 1 is 1.03 bits per heavy atom. The van der Waals surface area contributed by atoms with Gasteiger partial charge in [-0.25, -0.2) is 9.36 Å². The predicted octanol–water partition coefficient (Wildman–Crippen LogP) is 1.54. The van der Waals surface area contributed by atoms with Crippen LogP contribution in [0.5, 0.6) is 0 Å². The van der Waals surface area contributed by atoms with Gasteiger partial charge in [-0.05, 0) is 31.2 Å². The van der Waals surface area contributed by atoms with Crippen LogP contribution in [0.3, 0.4) is 0 Å². The van der Waals surface area contributed by atoms with Crippen LogP contribution >= 0.6 is 0 Å². The maximum absolute atomic E-state index is 13.5. The molecule has 1 aromatic carbocycles. The SMILES string of the molecule is Cc1nn(CC(=O)N2CCOCC2)c(=O)c2c(-n3cccc3)n(-c3ccccc3)nc12. The second kappa shape index (κ2) is 7.84. The second-order valence-electron chi connectivity index (χ2n) is 7.43. The lowest BCUT2D eigenvalue weighted by molar-refractivity contribution is -0.136. The first kappa shape index (κ1) is 19.3.